The lowest BCUT2D eigenvalue weighted by Gasteiger charge is -2.24. The van der Waals surface area contributed by atoms with E-state index in [2.05, 4.69) is 30.6 Å². The van der Waals surface area contributed by atoms with E-state index in [0.717, 1.165) is 13.0 Å². The lowest BCUT2D eigenvalue weighted by Crippen LogP contribution is -2.34. The minimum absolute atomic E-state index is 0.315. The quantitative estimate of drug-likeness (QED) is 0.428. The molecule has 0 aromatic heterocycles. The Morgan fingerprint density at radius 2 is 2.33 bits per heavy atom. The van der Waals surface area contributed by atoms with Crippen LogP contribution in [0.25, 0.3) is 0 Å². The van der Waals surface area contributed by atoms with Crippen LogP contribution in [0.3, 0.4) is 0 Å². The van der Waals surface area contributed by atoms with Gasteiger partial charge in [0.15, 0.2) is 6.29 Å². The number of hydrogen-bond donors (Lipinski definition) is 0. The normalized spacial score (nSPS) is 23.8. The fourth-order valence-corrected chi connectivity index (χ4v) is 1.69. The minimum Gasteiger partial charge on any atom is -0.289 e. The van der Waals surface area contributed by atoms with Gasteiger partial charge < -0.3 is 0 Å². The second kappa shape index (κ2) is 4.27. The van der Waals surface area contributed by atoms with Crippen LogP contribution in [0.5, 0.6) is 0 Å². The topological polar surface area (TPSA) is 20.3 Å². The lowest BCUT2D eigenvalue weighted by molar-refractivity contribution is -0.103. The second-order valence-corrected chi connectivity index (χ2v) is 3.40. The minimum atomic E-state index is 0.315. The Kier molecular flexibility index (Phi) is 3.31. The van der Waals surface area contributed by atoms with Gasteiger partial charge in [0.1, 0.15) is 0 Å². The molecule has 0 bridgehead atoms. The summed E-state index contributed by atoms with van der Waals surface area (Å²) in [5.41, 5.74) is 0. The van der Waals surface area contributed by atoms with Crippen molar-refractivity contribution in [2.45, 2.75) is 38.8 Å². The molecular formula is C10H15NO. The first kappa shape index (κ1) is 9.28. The maximum atomic E-state index is 10.0. The highest BCUT2D eigenvalue weighted by molar-refractivity contribution is 5.72. The molecule has 0 radical (unpaired) electrons. The van der Waals surface area contributed by atoms with Gasteiger partial charge in [-0.3, -0.25) is 9.69 Å². The van der Waals surface area contributed by atoms with Gasteiger partial charge in [-0.15, -0.1) is 0 Å². The first-order valence-electron chi connectivity index (χ1n) is 4.46. The molecular weight excluding hydrogens is 150 g/mol. The first-order chi connectivity index (χ1) is 5.75. The van der Waals surface area contributed by atoms with E-state index in [-0.39, 0.29) is 0 Å². The maximum absolute atomic E-state index is 10.0. The van der Waals surface area contributed by atoms with Gasteiger partial charge in [0.2, 0.25) is 0 Å². The van der Waals surface area contributed by atoms with Gasteiger partial charge in [-0.25, -0.2) is 0 Å². The summed E-state index contributed by atoms with van der Waals surface area (Å²) >= 11 is 0. The number of likely N-dealkylation sites (tertiary alicyclic amines) is 1. The number of hydrogen-bond acceptors (Lipinski definition) is 2. The largest absolute Gasteiger partial charge is 0.289 e. The number of rotatable bonds is 1. The summed E-state index contributed by atoms with van der Waals surface area (Å²) < 4.78 is 0. The van der Waals surface area contributed by atoms with Crippen LogP contribution in [0.15, 0.2) is 0 Å². The summed E-state index contributed by atoms with van der Waals surface area (Å²) in [5.74, 6) is 5.47. The maximum Gasteiger partial charge on any atom is 0.192 e. The third kappa shape index (κ3) is 2.09. The van der Waals surface area contributed by atoms with Crippen LogP contribution < -0.4 is 0 Å². The molecule has 1 heterocycles. The Morgan fingerprint density at radius 3 is 2.92 bits per heavy atom. The Labute approximate surface area is 73.9 Å². The first-order valence-corrected chi connectivity index (χ1v) is 4.46. The molecule has 1 atom stereocenters. The van der Waals surface area contributed by atoms with Crippen molar-refractivity contribution in [2.24, 2.45) is 0 Å². The number of aldehydes is 1. The summed E-state index contributed by atoms with van der Waals surface area (Å²) in [6.45, 7) is 5.46. The van der Waals surface area contributed by atoms with E-state index in [1.807, 2.05) is 0 Å². The highest BCUT2D eigenvalue weighted by atomic mass is 16.1. The van der Waals surface area contributed by atoms with Crippen molar-refractivity contribution < 1.29 is 4.79 Å². The molecule has 1 fully saturated rings. The van der Waals surface area contributed by atoms with Crippen molar-refractivity contribution in [2.75, 3.05) is 6.54 Å². The third-order valence-corrected chi connectivity index (χ3v) is 2.27. The third-order valence-electron chi connectivity index (χ3n) is 2.27. The SMILES string of the molecule is CC(C)N1CCCC1C#CC=O. The standard InChI is InChI=1S/C10H15NO/c1-9(2)11-7-3-5-10(11)6-4-8-12/h8-10H,3,5,7H2,1-2H3. The Hall–Kier alpha value is -0.810. The van der Waals surface area contributed by atoms with Crippen molar-refractivity contribution in [3.8, 4) is 11.8 Å². The van der Waals surface area contributed by atoms with Crippen molar-refractivity contribution >= 4 is 6.29 Å². The average Bonchev–Trinajstić information content (AvgIpc) is 2.48. The summed E-state index contributed by atoms with van der Waals surface area (Å²) in [4.78, 5) is 12.4. The van der Waals surface area contributed by atoms with Gasteiger partial charge in [0.25, 0.3) is 0 Å². The highest BCUT2D eigenvalue weighted by Crippen LogP contribution is 2.18. The van der Waals surface area contributed by atoms with E-state index >= 15 is 0 Å². The molecule has 0 aromatic rings. The molecule has 66 valence electrons. The molecule has 1 aliphatic rings. The summed E-state index contributed by atoms with van der Waals surface area (Å²) in [6, 6.07) is 0.855. The average molecular weight is 165 g/mol. The zero-order chi connectivity index (χ0) is 8.97. The molecule has 0 aromatic carbocycles. The molecule has 1 unspecified atom stereocenters. The van der Waals surface area contributed by atoms with Crippen LogP contribution in [-0.2, 0) is 4.79 Å². The van der Waals surface area contributed by atoms with Crippen LogP contribution in [0.1, 0.15) is 26.7 Å². The van der Waals surface area contributed by atoms with E-state index < -0.39 is 0 Å². The van der Waals surface area contributed by atoms with Gasteiger partial charge >= 0.3 is 0 Å². The number of carbonyl (C=O) groups is 1. The number of nitrogens with zero attached hydrogens (tertiary/aromatic N) is 1. The second-order valence-electron chi connectivity index (χ2n) is 3.40. The molecule has 12 heavy (non-hydrogen) atoms. The Balaban J connectivity index is 2.57. The van der Waals surface area contributed by atoms with Crippen LogP contribution in [0, 0.1) is 11.8 Å². The van der Waals surface area contributed by atoms with Crippen molar-refractivity contribution in [3.05, 3.63) is 0 Å². The van der Waals surface area contributed by atoms with Crippen LogP contribution >= 0.6 is 0 Å². The van der Waals surface area contributed by atoms with Crippen LogP contribution in [0.4, 0.5) is 0 Å². The van der Waals surface area contributed by atoms with Gasteiger partial charge in [-0.05, 0) is 39.2 Å². The Morgan fingerprint density at radius 1 is 1.58 bits per heavy atom. The smallest absolute Gasteiger partial charge is 0.192 e. The molecule has 1 rings (SSSR count). The van der Waals surface area contributed by atoms with E-state index in [4.69, 9.17) is 0 Å². The fourth-order valence-electron chi connectivity index (χ4n) is 1.69. The molecule has 1 aliphatic heterocycles. The van der Waals surface area contributed by atoms with E-state index in [0.29, 0.717) is 18.4 Å². The van der Waals surface area contributed by atoms with E-state index in [1.165, 1.54) is 6.42 Å². The van der Waals surface area contributed by atoms with Gasteiger partial charge in [0.05, 0.1) is 6.04 Å². The van der Waals surface area contributed by atoms with E-state index in [9.17, 15) is 4.79 Å². The predicted octanol–water partition coefficient (Wildman–Crippen LogP) is 1.06. The molecule has 0 N–H and O–H groups in total. The fraction of sp³-hybridized carbons (Fsp3) is 0.700. The summed E-state index contributed by atoms with van der Waals surface area (Å²) in [5, 5.41) is 0. The molecule has 1 saturated heterocycles. The van der Waals surface area contributed by atoms with Gasteiger partial charge in [-0.1, -0.05) is 5.92 Å². The highest BCUT2D eigenvalue weighted by Gasteiger charge is 2.24. The summed E-state index contributed by atoms with van der Waals surface area (Å²) in [7, 11) is 0. The molecule has 0 amide bonds. The van der Waals surface area contributed by atoms with Crippen LogP contribution in [0.2, 0.25) is 0 Å². The molecule has 0 saturated carbocycles. The molecule has 2 heteroatoms. The number of carbonyl (C=O) groups excluding carboxylic acids is 1. The van der Waals surface area contributed by atoms with Crippen LogP contribution in [-0.4, -0.2) is 29.8 Å². The zero-order valence-electron chi connectivity index (χ0n) is 7.71. The molecule has 0 aliphatic carbocycles. The zero-order valence-corrected chi connectivity index (χ0v) is 7.71. The van der Waals surface area contributed by atoms with Gasteiger partial charge in [0, 0.05) is 6.04 Å². The van der Waals surface area contributed by atoms with Crippen molar-refractivity contribution in [3.63, 3.8) is 0 Å². The molecule has 0 spiro atoms. The monoisotopic (exact) mass is 165 g/mol. The van der Waals surface area contributed by atoms with Crippen molar-refractivity contribution in [1.82, 2.24) is 4.90 Å². The van der Waals surface area contributed by atoms with E-state index in [1.54, 1.807) is 0 Å². The van der Waals surface area contributed by atoms with Crippen molar-refractivity contribution in [1.29, 1.82) is 0 Å². The molecule has 2 nitrogen and oxygen atoms in total. The Bertz CT molecular complexity index is 212. The lowest BCUT2D eigenvalue weighted by atomic mass is 10.2. The van der Waals surface area contributed by atoms with Gasteiger partial charge in [-0.2, -0.15) is 0 Å². The predicted molar refractivity (Wildman–Crippen MR) is 48.7 cm³/mol. The summed E-state index contributed by atoms with van der Waals surface area (Å²) in [6.07, 6.45) is 2.99.